The van der Waals surface area contributed by atoms with E-state index in [0.717, 1.165) is 5.56 Å². The summed E-state index contributed by atoms with van der Waals surface area (Å²) in [6.07, 6.45) is 3.18. The molecule has 2 aromatic carbocycles. The first kappa shape index (κ1) is 24.0. The fraction of sp³-hybridized carbons (Fsp3) is 0.250. The van der Waals surface area contributed by atoms with Gasteiger partial charge in [-0.25, -0.2) is 0 Å². The molecule has 1 N–H and O–H groups in total. The molecule has 4 rings (SSSR count). The summed E-state index contributed by atoms with van der Waals surface area (Å²) in [5, 5.41) is 11.6. The number of Topliss-reactive ketones (excluding diaryl/α,β-unsaturated/α-hetero) is 1. The minimum absolute atomic E-state index is 0.0126. The Morgan fingerprint density at radius 1 is 0.943 bits per heavy atom. The lowest BCUT2D eigenvalue weighted by Gasteiger charge is -2.26. The Balaban J connectivity index is 1.96. The Labute approximate surface area is 204 Å². The largest absolute Gasteiger partial charge is 0.507 e. The molecule has 0 saturated carbocycles. The summed E-state index contributed by atoms with van der Waals surface area (Å²) in [6, 6.07) is 14.9. The molecule has 1 aliphatic heterocycles. The van der Waals surface area contributed by atoms with Crippen LogP contribution in [0, 0.1) is 0 Å². The van der Waals surface area contributed by atoms with Crippen molar-refractivity contribution in [1.82, 2.24) is 4.98 Å². The van der Waals surface area contributed by atoms with Gasteiger partial charge in [-0.15, -0.1) is 0 Å². The Bertz CT molecular complexity index is 1290. The van der Waals surface area contributed by atoms with Gasteiger partial charge in [-0.05, 0) is 65.1 Å². The third-order valence-electron chi connectivity index (χ3n) is 6.14. The molecule has 7 heteroatoms. The first-order valence-corrected chi connectivity index (χ1v) is 11.2. The van der Waals surface area contributed by atoms with Crippen molar-refractivity contribution < 1.29 is 24.2 Å². The average molecular weight is 473 g/mol. The minimum atomic E-state index is -0.852. The molecule has 1 fully saturated rings. The van der Waals surface area contributed by atoms with Gasteiger partial charge in [-0.2, -0.15) is 0 Å². The molecule has 180 valence electrons. The average Bonchev–Trinajstić information content (AvgIpc) is 3.13. The lowest BCUT2D eigenvalue weighted by Crippen LogP contribution is -2.29. The van der Waals surface area contributed by atoms with Crippen LogP contribution in [0.4, 0.5) is 5.69 Å². The van der Waals surface area contributed by atoms with Crippen molar-refractivity contribution >= 4 is 23.1 Å². The zero-order valence-corrected chi connectivity index (χ0v) is 20.4. The van der Waals surface area contributed by atoms with Crippen LogP contribution < -0.4 is 14.4 Å². The lowest BCUT2D eigenvalue weighted by atomic mass is 9.85. The van der Waals surface area contributed by atoms with Crippen LogP contribution in [0.25, 0.3) is 5.76 Å². The molecule has 35 heavy (non-hydrogen) atoms. The van der Waals surface area contributed by atoms with Crippen LogP contribution in [0.1, 0.15) is 43.5 Å². The first-order chi connectivity index (χ1) is 16.7. The summed E-state index contributed by atoms with van der Waals surface area (Å²) in [6.45, 7) is 6.16. The van der Waals surface area contributed by atoms with Crippen molar-refractivity contribution in [1.29, 1.82) is 0 Å². The van der Waals surface area contributed by atoms with E-state index in [1.807, 2.05) is 6.07 Å². The SMILES string of the molecule is COc1ccc(N2C(=O)C(=O)/C(=C(/O)c3cc(C(C)(C)C)ccc3OC)C2c2ccncc2)cc1. The van der Waals surface area contributed by atoms with Gasteiger partial charge in [0.2, 0.25) is 0 Å². The van der Waals surface area contributed by atoms with Gasteiger partial charge in [-0.3, -0.25) is 19.5 Å². The van der Waals surface area contributed by atoms with E-state index in [-0.39, 0.29) is 16.7 Å². The maximum atomic E-state index is 13.4. The van der Waals surface area contributed by atoms with E-state index >= 15 is 0 Å². The number of hydrogen-bond acceptors (Lipinski definition) is 6. The Kier molecular flexibility index (Phi) is 6.35. The van der Waals surface area contributed by atoms with Gasteiger partial charge < -0.3 is 14.6 Å². The molecule has 3 aromatic rings. The molecule has 0 bridgehead atoms. The second-order valence-electron chi connectivity index (χ2n) is 9.31. The molecular weight excluding hydrogens is 444 g/mol. The molecule has 1 aromatic heterocycles. The van der Waals surface area contributed by atoms with E-state index in [4.69, 9.17) is 9.47 Å². The number of benzene rings is 2. The van der Waals surface area contributed by atoms with Crippen LogP contribution in [0.3, 0.4) is 0 Å². The van der Waals surface area contributed by atoms with Crippen molar-refractivity contribution in [2.45, 2.75) is 32.2 Å². The van der Waals surface area contributed by atoms with Crippen molar-refractivity contribution in [2.75, 3.05) is 19.1 Å². The molecule has 1 saturated heterocycles. The highest BCUT2D eigenvalue weighted by Gasteiger charge is 2.47. The maximum absolute atomic E-state index is 13.4. The second-order valence-corrected chi connectivity index (χ2v) is 9.31. The van der Waals surface area contributed by atoms with E-state index in [1.54, 1.807) is 68.0 Å². The third kappa shape index (κ3) is 4.37. The van der Waals surface area contributed by atoms with Crippen LogP contribution >= 0.6 is 0 Å². The van der Waals surface area contributed by atoms with E-state index in [1.165, 1.54) is 12.0 Å². The smallest absolute Gasteiger partial charge is 0.300 e. The zero-order valence-electron chi connectivity index (χ0n) is 20.4. The quantitative estimate of drug-likeness (QED) is 0.319. The van der Waals surface area contributed by atoms with Crippen LogP contribution in [-0.4, -0.2) is 36.0 Å². The number of pyridine rings is 1. The monoisotopic (exact) mass is 472 g/mol. The molecule has 2 heterocycles. The number of carbonyl (C=O) groups is 2. The number of ketones is 1. The van der Waals surface area contributed by atoms with Crippen LogP contribution in [0.5, 0.6) is 11.5 Å². The molecule has 1 unspecified atom stereocenters. The van der Waals surface area contributed by atoms with E-state index in [0.29, 0.717) is 28.3 Å². The summed E-state index contributed by atoms with van der Waals surface area (Å²) in [5.74, 6) is -0.772. The van der Waals surface area contributed by atoms with Crippen LogP contribution in [-0.2, 0) is 15.0 Å². The Hall–Kier alpha value is -4.13. The highest BCUT2D eigenvalue weighted by atomic mass is 16.5. The van der Waals surface area contributed by atoms with E-state index in [2.05, 4.69) is 25.8 Å². The summed E-state index contributed by atoms with van der Waals surface area (Å²) in [4.78, 5) is 32.2. The third-order valence-corrected chi connectivity index (χ3v) is 6.14. The van der Waals surface area contributed by atoms with Crippen LogP contribution in [0.15, 0.2) is 72.6 Å². The number of ether oxygens (including phenoxy) is 2. The molecule has 1 aliphatic rings. The highest BCUT2D eigenvalue weighted by Crippen LogP contribution is 2.44. The Morgan fingerprint density at radius 2 is 1.60 bits per heavy atom. The highest BCUT2D eigenvalue weighted by molar-refractivity contribution is 6.51. The topological polar surface area (TPSA) is 89.0 Å². The second kappa shape index (κ2) is 9.25. The van der Waals surface area contributed by atoms with Crippen molar-refractivity contribution in [3.05, 3.63) is 89.3 Å². The number of rotatable bonds is 5. The number of hydrogen-bond donors (Lipinski definition) is 1. The summed E-state index contributed by atoms with van der Waals surface area (Å²) in [7, 11) is 3.05. The maximum Gasteiger partial charge on any atom is 0.300 e. The van der Waals surface area contributed by atoms with Gasteiger partial charge in [-0.1, -0.05) is 26.8 Å². The molecule has 1 atom stereocenters. The van der Waals surface area contributed by atoms with Crippen molar-refractivity contribution in [3.63, 3.8) is 0 Å². The fourth-order valence-corrected chi connectivity index (χ4v) is 4.21. The summed E-state index contributed by atoms with van der Waals surface area (Å²) in [5.41, 5.74) is 2.23. The molecular formula is C28H28N2O5. The summed E-state index contributed by atoms with van der Waals surface area (Å²) >= 11 is 0. The standard InChI is InChI=1S/C28H28N2O5/c1-28(2,3)18-6-11-22(35-5)21(16-18)25(31)23-24(17-12-14-29-15-13-17)30(27(33)26(23)32)19-7-9-20(34-4)10-8-19/h6-16,24,31H,1-5H3/b25-23+. The number of aliphatic hydroxyl groups excluding tert-OH is 1. The van der Waals surface area contributed by atoms with Gasteiger partial charge in [0.1, 0.15) is 17.3 Å². The lowest BCUT2D eigenvalue weighted by molar-refractivity contribution is -0.132. The first-order valence-electron chi connectivity index (χ1n) is 11.2. The van der Waals surface area contributed by atoms with Gasteiger partial charge in [0.15, 0.2) is 0 Å². The fourth-order valence-electron chi connectivity index (χ4n) is 4.21. The number of aromatic nitrogens is 1. The predicted molar refractivity (Wildman–Crippen MR) is 134 cm³/mol. The van der Waals surface area contributed by atoms with Crippen molar-refractivity contribution in [2.24, 2.45) is 0 Å². The molecule has 7 nitrogen and oxygen atoms in total. The molecule has 0 aliphatic carbocycles. The number of aliphatic hydroxyl groups is 1. The number of methoxy groups -OCH3 is 2. The normalized spacial score (nSPS) is 17.5. The van der Waals surface area contributed by atoms with Crippen molar-refractivity contribution in [3.8, 4) is 11.5 Å². The zero-order chi connectivity index (χ0) is 25.3. The van der Waals surface area contributed by atoms with Gasteiger partial charge in [0, 0.05) is 18.1 Å². The molecule has 0 radical (unpaired) electrons. The van der Waals surface area contributed by atoms with Gasteiger partial charge in [0.05, 0.1) is 31.4 Å². The van der Waals surface area contributed by atoms with Crippen LogP contribution in [0.2, 0.25) is 0 Å². The van der Waals surface area contributed by atoms with Gasteiger partial charge >= 0.3 is 0 Å². The Morgan fingerprint density at radius 3 is 2.17 bits per heavy atom. The minimum Gasteiger partial charge on any atom is -0.507 e. The summed E-state index contributed by atoms with van der Waals surface area (Å²) < 4.78 is 10.7. The molecule has 1 amide bonds. The number of anilines is 1. The van der Waals surface area contributed by atoms with E-state index < -0.39 is 17.7 Å². The van der Waals surface area contributed by atoms with E-state index in [9.17, 15) is 14.7 Å². The molecule has 0 spiro atoms. The predicted octanol–water partition coefficient (Wildman–Crippen LogP) is 5.02. The number of nitrogens with zero attached hydrogens (tertiary/aromatic N) is 2. The van der Waals surface area contributed by atoms with Gasteiger partial charge in [0.25, 0.3) is 11.7 Å². The number of amides is 1. The number of carbonyl (C=O) groups excluding carboxylic acids is 2.